The molecule has 486 valence electrons. The average Bonchev–Trinajstić information content (AvgIpc) is 0.869. The van der Waals surface area contributed by atoms with Crippen molar-refractivity contribution in [1.82, 2.24) is 20.9 Å². The van der Waals surface area contributed by atoms with Crippen molar-refractivity contribution in [2.45, 2.75) is 205 Å². The molecule has 2 bridgehead atoms. The van der Waals surface area contributed by atoms with Crippen molar-refractivity contribution < 1.29 is 81.7 Å². The molecule has 0 spiro atoms. The number of nitrogens with two attached hydrogens (primary N) is 2. The summed E-state index contributed by atoms with van der Waals surface area (Å²) in [6.45, 7) is 14.5. The van der Waals surface area contributed by atoms with Gasteiger partial charge in [0.25, 0.3) is 11.7 Å². The van der Waals surface area contributed by atoms with Crippen molar-refractivity contribution in [3.05, 3.63) is 65.8 Å². The lowest BCUT2D eigenvalue weighted by molar-refractivity contribution is -0.302. The van der Waals surface area contributed by atoms with Gasteiger partial charge in [-0.3, -0.25) is 29.3 Å². The number of allylic oxidation sites excluding steroid dienone is 4. The number of methoxy groups -OCH3 is 3. The highest BCUT2D eigenvalue weighted by molar-refractivity contribution is 6.39. The maximum absolute atomic E-state index is 14.6. The van der Waals surface area contributed by atoms with Gasteiger partial charge in [0.2, 0.25) is 17.6 Å². The SMILES string of the molecule is C=CC/C1=C\C(C)CCCC(OC)C2OC(O)(C(=O)C(=O)N3CCCCC3C(=O)OC(C(C)=CC3CCC(OCNC(=O)OCc4ccc(NC(=O)C(CCCNC(N)=O)NC(=O)C(N)C(C)C)cc4)C(OC)C3)C(C)C(O)CC1=O)C(C)CC2OC. The van der Waals surface area contributed by atoms with Crippen molar-refractivity contribution in [3.8, 4) is 0 Å². The highest BCUT2D eigenvalue weighted by atomic mass is 16.7. The van der Waals surface area contributed by atoms with Crippen LogP contribution < -0.4 is 32.7 Å². The van der Waals surface area contributed by atoms with Gasteiger partial charge in [-0.1, -0.05) is 71.4 Å². The fourth-order valence-corrected chi connectivity index (χ4v) is 11.9. The predicted octanol–water partition coefficient (Wildman–Crippen LogP) is 5.16. The molecular weight excluding hydrogens is 1130 g/mol. The van der Waals surface area contributed by atoms with Crippen LogP contribution in [0.15, 0.2) is 60.2 Å². The van der Waals surface area contributed by atoms with E-state index in [-0.39, 0.29) is 82.1 Å². The largest absolute Gasteiger partial charge is 0.456 e. The second-order valence-electron chi connectivity index (χ2n) is 24.1. The third-order valence-corrected chi connectivity index (χ3v) is 17.3. The average molecular weight is 1220 g/mol. The smallest absolute Gasteiger partial charge is 0.409 e. The fourth-order valence-electron chi connectivity index (χ4n) is 11.9. The second-order valence-corrected chi connectivity index (χ2v) is 24.1. The predicted molar refractivity (Wildman–Crippen MR) is 322 cm³/mol. The van der Waals surface area contributed by atoms with Crippen LogP contribution in [-0.2, 0) is 68.5 Å². The Bertz CT molecular complexity index is 2560. The quantitative estimate of drug-likeness (QED) is 0.0259. The van der Waals surface area contributed by atoms with Gasteiger partial charge in [0.05, 0.1) is 36.6 Å². The van der Waals surface area contributed by atoms with E-state index in [9.17, 15) is 48.6 Å². The molecule has 10 N–H and O–H groups in total. The van der Waals surface area contributed by atoms with E-state index in [1.54, 1.807) is 72.1 Å². The minimum atomic E-state index is -2.56. The third-order valence-electron chi connectivity index (χ3n) is 17.3. The molecule has 3 heterocycles. The molecule has 1 saturated carbocycles. The van der Waals surface area contributed by atoms with Crippen LogP contribution in [0.2, 0.25) is 0 Å². The topological polar surface area (TPSA) is 345 Å². The van der Waals surface area contributed by atoms with E-state index >= 15 is 0 Å². The maximum Gasteiger partial charge on any atom is 0.409 e. The molecule has 87 heavy (non-hydrogen) atoms. The molecule has 1 aliphatic carbocycles. The van der Waals surface area contributed by atoms with Crippen molar-refractivity contribution in [2.24, 2.45) is 41.1 Å². The van der Waals surface area contributed by atoms with Crippen molar-refractivity contribution in [2.75, 3.05) is 46.5 Å². The number of hydrogen-bond acceptors (Lipinski definition) is 18. The third kappa shape index (κ3) is 20.5. The second kappa shape index (κ2) is 34.6. The minimum absolute atomic E-state index is 0.0339. The van der Waals surface area contributed by atoms with Gasteiger partial charge in [-0.25, -0.2) is 14.4 Å². The normalized spacial score (nSPS) is 30.5. The molecule has 3 fully saturated rings. The molecule has 4 aliphatic rings. The standard InChI is InChI=1S/C63H97N7O17/c1-11-16-43-29-37(4)17-14-20-50(81-8)55-52(83-10)31-39(6)63(80,87-55)56(73)59(76)70-28-13-12-19-46(70)60(77)86-54(40(7)47(71)33-48(43)72)38(5)30-42-23-26-49(51(32-42)82-9)85-35-67-62(79)84-34-41-21-24-44(25-22-41)68-57(74)45(18-15-27-66-61(65)78)69-58(75)53(64)36(2)3/h11,21-22,24-25,29-30,36-37,39-40,42,45-47,49-55,71,80H,1,12-20,23,26-28,31-35,64H2,2-10H3,(H,67,79)(H,68,74)(H,69,75)(H3,65,66,78)/b38-30?,43-29+. The molecule has 0 aromatic heterocycles. The molecule has 24 heteroatoms. The van der Waals surface area contributed by atoms with Crippen LogP contribution in [0.25, 0.3) is 0 Å². The number of benzene rings is 1. The highest BCUT2D eigenvalue weighted by Gasteiger charge is 2.56. The Kier molecular flexibility index (Phi) is 28.5. The molecular formula is C63H97N7O17. The lowest BCUT2D eigenvalue weighted by Gasteiger charge is -2.46. The molecule has 1 aromatic carbocycles. The first-order valence-corrected chi connectivity index (χ1v) is 30.6. The zero-order valence-corrected chi connectivity index (χ0v) is 52.3. The summed E-state index contributed by atoms with van der Waals surface area (Å²) in [5, 5.41) is 34.6. The molecule has 3 aliphatic heterocycles. The number of ether oxygens (including phenoxy) is 7. The number of hydrogen-bond donors (Lipinski definition) is 8. The van der Waals surface area contributed by atoms with Gasteiger partial charge < -0.3 is 75.7 Å². The van der Waals surface area contributed by atoms with Crippen molar-refractivity contribution in [3.63, 3.8) is 0 Å². The Morgan fingerprint density at radius 1 is 0.885 bits per heavy atom. The first-order chi connectivity index (χ1) is 41.3. The zero-order chi connectivity index (χ0) is 64.1. The number of piperidine rings is 1. The lowest BCUT2D eigenvalue weighted by Crippen LogP contribution is -2.64. The number of carbonyl (C=O) groups excluding carboxylic acids is 8. The zero-order valence-electron chi connectivity index (χ0n) is 52.3. The summed E-state index contributed by atoms with van der Waals surface area (Å²) in [5.74, 6) is -9.02. The number of aliphatic hydroxyl groups is 2. The Morgan fingerprint density at radius 3 is 2.24 bits per heavy atom. The van der Waals surface area contributed by atoms with Gasteiger partial charge in [0.1, 0.15) is 37.6 Å². The van der Waals surface area contributed by atoms with Crippen LogP contribution in [0.5, 0.6) is 0 Å². The minimum Gasteiger partial charge on any atom is -0.456 e. The van der Waals surface area contributed by atoms with Gasteiger partial charge in [-0.15, -0.1) is 6.58 Å². The number of urea groups is 1. The fraction of sp³-hybridized carbons (Fsp3) is 0.683. The van der Waals surface area contributed by atoms with Crippen LogP contribution in [0, 0.1) is 29.6 Å². The van der Waals surface area contributed by atoms with E-state index in [4.69, 9.17) is 44.6 Å². The van der Waals surface area contributed by atoms with Gasteiger partial charge in [0.15, 0.2) is 5.78 Å². The van der Waals surface area contributed by atoms with E-state index in [2.05, 4.69) is 27.8 Å². The number of ketones is 2. The molecule has 15 unspecified atom stereocenters. The summed E-state index contributed by atoms with van der Waals surface area (Å²) in [6.07, 6.45) is 4.51. The molecule has 6 amide bonds. The van der Waals surface area contributed by atoms with Gasteiger partial charge in [0, 0.05) is 58.4 Å². The number of Topliss-reactive ketones (excluding diaryl/α,β-unsaturated/α-hetero) is 2. The summed E-state index contributed by atoms with van der Waals surface area (Å²) in [4.78, 5) is 109. The number of nitrogens with one attached hydrogen (secondary N) is 4. The van der Waals surface area contributed by atoms with Gasteiger partial charge >= 0.3 is 18.1 Å². The number of rotatable bonds is 21. The summed E-state index contributed by atoms with van der Waals surface area (Å²) < 4.78 is 41.8. The first kappa shape index (κ1) is 71.6. The highest BCUT2D eigenvalue weighted by Crippen LogP contribution is 2.39. The number of fused-ring (bicyclic) bond motifs is 3. The number of amides is 6. The molecule has 5 rings (SSSR count). The number of cyclic esters (lactones) is 1. The molecule has 2 saturated heterocycles. The Labute approximate surface area is 511 Å². The van der Waals surface area contributed by atoms with E-state index in [0.29, 0.717) is 80.2 Å². The van der Waals surface area contributed by atoms with E-state index in [0.717, 1.165) is 4.90 Å². The van der Waals surface area contributed by atoms with Crippen LogP contribution >= 0.6 is 0 Å². The number of alkyl carbamates (subject to hydrolysis) is 1. The Balaban J connectivity index is 1.25. The number of aliphatic hydroxyl groups excluding tert-OH is 1. The van der Waals surface area contributed by atoms with Crippen molar-refractivity contribution in [1.29, 1.82) is 0 Å². The Hall–Kier alpha value is -6.12. The summed E-state index contributed by atoms with van der Waals surface area (Å²) in [5.41, 5.74) is 13.3. The van der Waals surface area contributed by atoms with Crippen molar-refractivity contribution >= 4 is 53.1 Å². The van der Waals surface area contributed by atoms with Gasteiger partial charge in [-0.2, -0.15) is 0 Å². The number of carbonyl (C=O) groups is 8. The summed E-state index contributed by atoms with van der Waals surface area (Å²) in [6, 6.07) is 2.87. The monoisotopic (exact) mass is 1220 g/mol. The number of nitrogens with zero attached hydrogens (tertiary/aromatic N) is 1. The van der Waals surface area contributed by atoms with E-state index in [1.165, 1.54) is 14.2 Å². The first-order valence-electron chi connectivity index (χ1n) is 30.6. The van der Waals surface area contributed by atoms with Gasteiger partial charge in [-0.05, 0) is 131 Å². The van der Waals surface area contributed by atoms with E-state index < -0.39 is 120 Å². The number of esters is 1. The number of anilines is 1. The Morgan fingerprint density at radius 2 is 1.59 bits per heavy atom. The molecule has 15 atom stereocenters. The van der Waals surface area contributed by atoms with Crippen LogP contribution in [0.1, 0.15) is 137 Å². The molecule has 0 radical (unpaired) electrons. The van der Waals surface area contributed by atoms with Crippen LogP contribution in [0.3, 0.4) is 0 Å². The summed E-state index contributed by atoms with van der Waals surface area (Å²) in [7, 11) is 4.57. The lowest BCUT2D eigenvalue weighted by atomic mass is 9.82. The maximum atomic E-state index is 14.6. The van der Waals surface area contributed by atoms with Crippen LogP contribution in [0.4, 0.5) is 15.3 Å². The van der Waals surface area contributed by atoms with Crippen LogP contribution in [-0.4, -0.2) is 170 Å². The number of primary amides is 1. The molecule has 24 nitrogen and oxygen atoms in total. The molecule has 1 aromatic rings. The van der Waals surface area contributed by atoms with E-state index in [1.807, 2.05) is 19.1 Å². The summed E-state index contributed by atoms with van der Waals surface area (Å²) >= 11 is 0.